The number of hydrogen-bond donors (Lipinski definition) is 0. The normalized spacial score (nSPS) is 12.4. The molecule has 1 heteroatoms. The highest BCUT2D eigenvalue weighted by atomic mass is 79.9. The number of hydrogen-bond acceptors (Lipinski definition) is 0. The van der Waals surface area contributed by atoms with Gasteiger partial charge in [0.25, 0.3) is 0 Å². The molecule has 0 aliphatic carbocycles. The molecule has 2 aromatic rings. The zero-order valence-corrected chi connectivity index (χ0v) is 12.8. The van der Waals surface area contributed by atoms with Gasteiger partial charge in [0.1, 0.15) is 0 Å². The smallest absolute Gasteiger partial charge is 0.0644 e. The van der Waals surface area contributed by atoms with Gasteiger partial charge in [-0.15, -0.1) is 0 Å². The Morgan fingerprint density at radius 3 is 2.06 bits per heavy atom. The van der Waals surface area contributed by atoms with Crippen LogP contribution in [0.15, 0.2) is 42.5 Å². The van der Waals surface area contributed by atoms with Crippen LogP contribution in [0, 0.1) is 13.8 Å². The summed E-state index contributed by atoms with van der Waals surface area (Å²) in [4.78, 5) is 0.280. The Labute approximate surface area is 118 Å². The molecule has 1 unspecified atom stereocenters. The van der Waals surface area contributed by atoms with E-state index >= 15 is 0 Å². The van der Waals surface area contributed by atoms with Crippen molar-refractivity contribution >= 4 is 15.9 Å². The fraction of sp³-hybridized carbons (Fsp3) is 0.294. The minimum atomic E-state index is 0.280. The lowest BCUT2D eigenvalue weighted by Crippen LogP contribution is -1.95. The lowest BCUT2D eigenvalue weighted by Gasteiger charge is -2.13. The molecule has 0 fully saturated rings. The predicted molar refractivity (Wildman–Crippen MR) is 82.5 cm³/mol. The lowest BCUT2D eigenvalue weighted by molar-refractivity contribution is 1.11. The third-order valence-corrected chi connectivity index (χ3v) is 4.56. The van der Waals surface area contributed by atoms with Gasteiger partial charge in [-0.25, -0.2) is 0 Å². The molecule has 0 aromatic heterocycles. The highest BCUT2D eigenvalue weighted by Gasteiger charge is 2.10. The molecule has 18 heavy (non-hydrogen) atoms. The largest absolute Gasteiger partial charge is 0.0786 e. The van der Waals surface area contributed by atoms with Crippen molar-refractivity contribution < 1.29 is 0 Å². The van der Waals surface area contributed by atoms with Gasteiger partial charge < -0.3 is 0 Å². The molecule has 0 N–H and O–H groups in total. The second-order valence-corrected chi connectivity index (χ2v) is 5.72. The van der Waals surface area contributed by atoms with E-state index in [1.165, 1.54) is 27.8 Å². The second-order valence-electron chi connectivity index (χ2n) is 4.80. The monoisotopic (exact) mass is 302 g/mol. The van der Waals surface area contributed by atoms with Crippen molar-refractivity contribution in [2.24, 2.45) is 0 Å². The summed E-state index contributed by atoms with van der Waals surface area (Å²) in [5.41, 5.74) is 6.72. The van der Waals surface area contributed by atoms with E-state index in [2.05, 4.69) is 79.2 Å². The molecule has 0 aliphatic heterocycles. The maximum Gasteiger partial charge on any atom is 0.0644 e. The number of aryl methyl sites for hydroxylation is 3. The minimum Gasteiger partial charge on any atom is -0.0786 e. The zero-order valence-electron chi connectivity index (χ0n) is 11.2. The SMILES string of the molecule is CCc1ccc(C(Br)c2ccc(C)c(C)c2)cc1. The molecule has 0 spiro atoms. The van der Waals surface area contributed by atoms with E-state index in [1.807, 2.05) is 0 Å². The first-order chi connectivity index (χ1) is 8.61. The van der Waals surface area contributed by atoms with Crippen LogP contribution in [0.2, 0.25) is 0 Å². The van der Waals surface area contributed by atoms with Crippen molar-refractivity contribution in [2.75, 3.05) is 0 Å². The van der Waals surface area contributed by atoms with Crippen molar-refractivity contribution in [1.29, 1.82) is 0 Å². The highest BCUT2D eigenvalue weighted by molar-refractivity contribution is 9.09. The third kappa shape index (κ3) is 2.84. The van der Waals surface area contributed by atoms with Gasteiger partial charge in [0, 0.05) is 0 Å². The summed E-state index contributed by atoms with van der Waals surface area (Å²) in [6, 6.07) is 15.5. The Morgan fingerprint density at radius 2 is 1.50 bits per heavy atom. The van der Waals surface area contributed by atoms with Crippen molar-refractivity contribution in [1.82, 2.24) is 0 Å². The van der Waals surface area contributed by atoms with Crippen LogP contribution in [0.25, 0.3) is 0 Å². The highest BCUT2D eigenvalue weighted by Crippen LogP contribution is 2.31. The molecule has 0 heterocycles. The third-order valence-electron chi connectivity index (χ3n) is 3.50. The first-order valence-corrected chi connectivity index (χ1v) is 7.33. The maximum atomic E-state index is 3.80. The van der Waals surface area contributed by atoms with Crippen molar-refractivity contribution in [3.05, 3.63) is 70.3 Å². The summed E-state index contributed by atoms with van der Waals surface area (Å²) in [6.45, 7) is 6.50. The van der Waals surface area contributed by atoms with E-state index in [-0.39, 0.29) is 4.83 Å². The molecule has 0 radical (unpaired) electrons. The van der Waals surface area contributed by atoms with Crippen LogP contribution >= 0.6 is 15.9 Å². The van der Waals surface area contributed by atoms with Crippen molar-refractivity contribution in [3.8, 4) is 0 Å². The number of rotatable bonds is 3. The van der Waals surface area contributed by atoms with Gasteiger partial charge in [-0.1, -0.05) is 65.3 Å². The number of alkyl halides is 1. The standard InChI is InChI=1S/C17H19Br/c1-4-14-6-9-15(10-7-14)17(18)16-8-5-12(2)13(3)11-16/h5-11,17H,4H2,1-3H3. The van der Waals surface area contributed by atoms with Crippen LogP contribution in [-0.2, 0) is 6.42 Å². The predicted octanol–water partition coefficient (Wildman–Crippen LogP) is 5.35. The summed E-state index contributed by atoms with van der Waals surface area (Å²) < 4.78 is 0. The average molecular weight is 303 g/mol. The van der Waals surface area contributed by atoms with Gasteiger partial charge in [-0.3, -0.25) is 0 Å². The zero-order chi connectivity index (χ0) is 13.1. The van der Waals surface area contributed by atoms with Crippen LogP contribution < -0.4 is 0 Å². The summed E-state index contributed by atoms with van der Waals surface area (Å²) in [7, 11) is 0. The quantitative estimate of drug-likeness (QED) is 0.670. The Kier molecular flexibility index (Phi) is 4.23. The summed E-state index contributed by atoms with van der Waals surface area (Å²) in [5.74, 6) is 0. The van der Waals surface area contributed by atoms with Gasteiger partial charge in [-0.2, -0.15) is 0 Å². The van der Waals surface area contributed by atoms with E-state index in [0.717, 1.165) is 6.42 Å². The lowest BCUT2D eigenvalue weighted by atomic mass is 9.99. The Bertz CT molecular complexity index is 526. The fourth-order valence-electron chi connectivity index (χ4n) is 2.04. The van der Waals surface area contributed by atoms with E-state index < -0.39 is 0 Å². The molecule has 2 rings (SSSR count). The Morgan fingerprint density at radius 1 is 0.889 bits per heavy atom. The molecule has 0 aliphatic rings. The van der Waals surface area contributed by atoms with Crippen LogP contribution in [0.5, 0.6) is 0 Å². The van der Waals surface area contributed by atoms with E-state index in [0.29, 0.717) is 0 Å². The summed E-state index contributed by atoms with van der Waals surface area (Å²) >= 11 is 3.80. The van der Waals surface area contributed by atoms with Gasteiger partial charge in [0.2, 0.25) is 0 Å². The average Bonchev–Trinajstić information content (AvgIpc) is 2.41. The van der Waals surface area contributed by atoms with Crippen LogP contribution in [0.3, 0.4) is 0 Å². The van der Waals surface area contributed by atoms with E-state index in [9.17, 15) is 0 Å². The number of halogens is 1. The molecule has 0 saturated carbocycles. The molecule has 94 valence electrons. The van der Waals surface area contributed by atoms with E-state index in [1.54, 1.807) is 0 Å². The first kappa shape index (κ1) is 13.4. The second kappa shape index (κ2) is 5.71. The molecule has 1 atom stereocenters. The summed E-state index contributed by atoms with van der Waals surface area (Å²) in [6.07, 6.45) is 1.09. The molecule has 0 nitrogen and oxygen atoms in total. The fourth-order valence-corrected chi connectivity index (χ4v) is 2.63. The molecule has 2 aromatic carbocycles. The van der Waals surface area contributed by atoms with Crippen LogP contribution in [-0.4, -0.2) is 0 Å². The van der Waals surface area contributed by atoms with Gasteiger partial charge in [0.05, 0.1) is 4.83 Å². The topological polar surface area (TPSA) is 0 Å². The number of benzene rings is 2. The molecular formula is C17H19Br. The van der Waals surface area contributed by atoms with Crippen LogP contribution in [0.4, 0.5) is 0 Å². The van der Waals surface area contributed by atoms with Gasteiger partial charge in [0.15, 0.2) is 0 Å². The van der Waals surface area contributed by atoms with Crippen molar-refractivity contribution in [2.45, 2.75) is 32.0 Å². The molecule has 0 bridgehead atoms. The Hall–Kier alpha value is -1.08. The minimum absolute atomic E-state index is 0.280. The van der Waals surface area contributed by atoms with E-state index in [4.69, 9.17) is 0 Å². The molecule has 0 amide bonds. The first-order valence-electron chi connectivity index (χ1n) is 6.42. The van der Waals surface area contributed by atoms with Gasteiger partial charge >= 0.3 is 0 Å². The Balaban J connectivity index is 2.28. The van der Waals surface area contributed by atoms with Gasteiger partial charge in [-0.05, 0) is 48.1 Å². The van der Waals surface area contributed by atoms with Crippen LogP contribution in [0.1, 0.15) is 39.6 Å². The summed E-state index contributed by atoms with van der Waals surface area (Å²) in [5, 5.41) is 0. The molecule has 0 saturated heterocycles. The van der Waals surface area contributed by atoms with Crippen molar-refractivity contribution in [3.63, 3.8) is 0 Å². The molecular weight excluding hydrogens is 284 g/mol. The maximum absolute atomic E-state index is 3.80.